The van der Waals surface area contributed by atoms with E-state index in [4.69, 9.17) is 0 Å². The van der Waals surface area contributed by atoms with Crippen LogP contribution in [0, 0.1) is 5.92 Å². The Hall–Kier alpha value is -3.83. The van der Waals surface area contributed by atoms with Crippen molar-refractivity contribution in [3.63, 3.8) is 0 Å². The summed E-state index contributed by atoms with van der Waals surface area (Å²) in [7, 11) is -7.68. The zero-order valence-electron chi connectivity index (χ0n) is 22.6. The molecule has 218 valence electrons. The highest BCUT2D eigenvalue weighted by Crippen LogP contribution is 2.15. The van der Waals surface area contributed by atoms with Crippen LogP contribution < -0.4 is 10.6 Å². The molecular formula is C30H34N2O7S2. The predicted molar refractivity (Wildman–Crippen MR) is 157 cm³/mol. The molecule has 0 saturated carbocycles. The Kier molecular flexibility index (Phi) is 11.8. The van der Waals surface area contributed by atoms with E-state index in [9.17, 15) is 31.2 Å². The van der Waals surface area contributed by atoms with Crippen molar-refractivity contribution >= 4 is 37.3 Å². The van der Waals surface area contributed by atoms with Crippen LogP contribution in [0.15, 0.2) is 91.0 Å². The molecule has 11 heteroatoms. The average molecular weight is 599 g/mol. The van der Waals surface area contributed by atoms with Gasteiger partial charge in [-0.15, -0.1) is 0 Å². The smallest absolute Gasteiger partial charge is 0.287 e. The maximum atomic E-state index is 13.0. The van der Waals surface area contributed by atoms with Gasteiger partial charge >= 0.3 is 0 Å². The Morgan fingerprint density at radius 3 is 1.51 bits per heavy atom. The van der Waals surface area contributed by atoms with Crippen LogP contribution in [-0.4, -0.2) is 52.5 Å². The molecule has 0 fully saturated rings. The molecule has 0 saturated heterocycles. The van der Waals surface area contributed by atoms with E-state index in [-0.39, 0.29) is 37.4 Å². The van der Waals surface area contributed by atoms with E-state index < -0.39 is 54.7 Å². The summed E-state index contributed by atoms with van der Waals surface area (Å²) in [5.74, 6) is -5.43. The molecule has 0 bridgehead atoms. The molecule has 2 amide bonds. The van der Waals surface area contributed by atoms with E-state index in [0.29, 0.717) is 11.1 Å². The standard InChI is InChI=1S/C30H34N2O7S2/c33-28(30(35)32-19-24-11-4-1-5-12-24)17-10-18-31-29(34)27(22-40(36,37)20-25-13-6-2-7-14-25)23-41(38,39)21-26-15-8-3-9-16-26/h1-9,11-16,27H,10,17-23H2,(H,31,34)(H,32,35). The van der Waals surface area contributed by atoms with E-state index in [1.165, 1.54) is 0 Å². The van der Waals surface area contributed by atoms with Crippen LogP contribution in [0.1, 0.15) is 29.5 Å². The van der Waals surface area contributed by atoms with Gasteiger partial charge in [-0.2, -0.15) is 0 Å². The first-order chi connectivity index (χ1) is 19.5. The first-order valence-electron chi connectivity index (χ1n) is 13.1. The number of ketones is 1. The Morgan fingerprint density at radius 2 is 1.05 bits per heavy atom. The molecule has 0 radical (unpaired) electrons. The van der Waals surface area contributed by atoms with Gasteiger partial charge in [0.25, 0.3) is 5.91 Å². The van der Waals surface area contributed by atoms with E-state index in [1.807, 2.05) is 30.3 Å². The second-order valence-electron chi connectivity index (χ2n) is 9.76. The fraction of sp³-hybridized carbons (Fsp3) is 0.300. The first kappa shape index (κ1) is 31.7. The van der Waals surface area contributed by atoms with Gasteiger partial charge in [0.1, 0.15) is 0 Å². The third-order valence-electron chi connectivity index (χ3n) is 6.17. The fourth-order valence-corrected chi connectivity index (χ4v) is 7.73. The second kappa shape index (κ2) is 15.2. The van der Waals surface area contributed by atoms with Gasteiger partial charge in [-0.25, -0.2) is 16.8 Å². The molecule has 0 aliphatic rings. The van der Waals surface area contributed by atoms with Crippen molar-refractivity contribution in [2.45, 2.75) is 30.9 Å². The maximum Gasteiger partial charge on any atom is 0.287 e. The first-order valence-corrected chi connectivity index (χ1v) is 16.8. The van der Waals surface area contributed by atoms with E-state index in [0.717, 1.165) is 5.56 Å². The summed E-state index contributed by atoms with van der Waals surface area (Å²) in [5.41, 5.74) is 1.90. The summed E-state index contributed by atoms with van der Waals surface area (Å²) in [6.07, 6.45) is -0.00619. The third kappa shape index (κ3) is 11.7. The molecule has 3 rings (SSSR count). The number of Topliss-reactive ketones (excluding diaryl/α,β-unsaturated/α-hetero) is 1. The van der Waals surface area contributed by atoms with Crippen LogP contribution in [0.25, 0.3) is 0 Å². The highest BCUT2D eigenvalue weighted by atomic mass is 32.2. The minimum atomic E-state index is -3.84. The molecule has 2 N–H and O–H groups in total. The van der Waals surface area contributed by atoms with Crippen LogP contribution in [0.3, 0.4) is 0 Å². The van der Waals surface area contributed by atoms with Crippen LogP contribution in [0.5, 0.6) is 0 Å². The van der Waals surface area contributed by atoms with Gasteiger partial charge in [0.2, 0.25) is 11.7 Å². The lowest BCUT2D eigenvalue weighted by Gasteiger charge is -2.17. The minimum Gasteiger partial charge on any atom is -0.356 e. The number of hydrogen-bond acceptors (Lipinski definition) is 7. The second-order valence-corrected chi connectivity index (χ2v) is 14.0. The van der Waals surface area contributed by atoms with Gasteiger partial charge in [0.15, 0.2) is 19.7 Å². The van der Waals surface area contributed by atoms with Crippen molar-refractivity contribution in [1.82, 2.24) is 10.6 Å². The average Bonchev–Trinajstić information content (AvgIpc) is 2.94. The molecule has 0 spiro atoms. The van der Waals surface area contributed by atoms with Crippen molar-refractivity contribution in [2.24, 2.45) is 5.92 Å². The Balaban J connectivity index is 1.58. The molecule has 9 nitrogen and oxygen atoms in total. The molecule has 3 aromatic carbocycles. The molecule has 3 aromatic rings. The van der Waals surface area contributed by atoms with E-state index in [1.54, 1.807) is 60.7 Å². The Bertz CT molecular complexity index is 1440. The summed E-state index contributed by atoms with van der Waals surface area (Å²) >= 11 is 0. The summed E-state index contributed by atoms with van der Waals surface area (Å²) in [6, 6.07) is 26.0. The van der Waals surface area contributed by atoms with Gasteiger partial charge in [0.05, 0.1) is 28.9 Å². The topological polar surface area (TPSA) is 144 Å². The normalized spacial score (nSPS) is 11.6. The zero-order valence-corrected chi connectivity index (χ0v) is 24.2. The lowest BCUT2D eigenvalue weighted by atomic mass is 10.1. The Morgan fingerprint density at radius 1 is 0.610 bits per heavy atom. The van der Waals surface area contributed by atoms with Crippen LogP contribution in [0.4, 0.5) is 0 Å². The zero-order chi connectivity index (χ0) is 29.7. The number of hydrogen-bond donors (Lipinski definition) is 2. The molecule has 0 atom stereocenters. The summed E-state index contributed by atoms with van der Waals surface area (Å²) in [5, 5.41) is 5.10. The lowest BCUT2D eigenvalue weighted by molar-refractivity contribution is -0.138. The third-order valence-corrected chi connectivity index (χ3v) is 9.54. The van der Waals surface area contributed by atoms with E-state index in [2.05, 4.69) is 10.6 Å². The van der Waals surface area contributed by atoms with Crippen molar-refractivity contribution in [1.29, 1.82) is 0 Å². The molecule has 0 unspecified atom stereocenters. The van der Waals surface area contributed by atoms with Gasteiger partial charge < -0.3 is 10.6 Å². The largest absolute Gasteiger partial charge is 0.356 e. The van der Waals surface area contributed by atoms with Crippen LogP contribution >= 0.6 is 0 Å². The van der Waals surface area contributed by atoms with E-state index >= 15 is 0 Å². The number of rotatable bonds is 16. The van der Waals surface area contributed by atoms with Crippen molar-refractivity contribution < 1.29 is 31.2 Å². The number of carbonyl (C=O) groups excluding carboxylic acids is 3. The highest BCUT2D eigenvalue weighted by molar-refractivity contribution is 7.91. The number of benzene rings is 3. The van der Waals surface area contributed by atoms with Gasteiger partial charge in [-0.3, -0.25) is 14.4 Å². The summed E-state index contributed by atoms with van der Waals surface area (Å²) in [6.45, 7) is 0.184. The predicted octanol–water partition coefficient (Wildman–Crippen LogP) is 2.61. The van der Waals surface area contributed by atoms with Crippen LogP contribution in [-0.2, 0) is 52.1 Å². The molecule has 0 aromatic heterocycles. The van der Waals surface area contributed by atoms with Gasteiger partial charge in [0, 0.05) is 19.5 Å². The molecule has 41 heavy (non-hydrogen) atoms. The number of nitrogens with one attached hydrogen (secondary N) is 2. The molecular weight excluding hydrogens is 564 g/mol. The quantitative estimate of drug-likeness (QED) is 0.191. The SMILES string of the molecule is O=C(CCCNC(=O)C(CS(=O)(=O)Cc1ccccc1)CS(=O)(=O)Cc1ccccc1)C(=O)NCc1ccccc1. The summed E-state index contributed by atoms with van der Waals surface area (Å²) in [4.78, 5) is 37.3. The highest BCUT2D eigenvalue weighted by Gasteiger charge is 2.31. The molecule has 0 aliphatic carbocycles. The fourth-order valence-electron chi connectivity index (χ4n) is 4.18. The number of amides is 2. The van der Waals surface area contributed by atoms with Crippen LogP contribution in [0.2, 0.25) is 0 Å². The van der Waals surface area contributed by atoms with Crippen molar-refractivity contribution in [2.75, 3.05) is 18.1 Å². The van der Waals surface area contributed by atoms with Crippen molar-refractivity contribution in [3.8, 4) is 0 Å². The number of carbonyl (C=O) groups is 3. The lowest BCUT2D eigenvalue weighted by Crippen LogP contribution is -2.40. The molecule has 0 aliphatic heterocycles. The Labute approximate surface area is 241 Å². The van der Waals surface area contributed by atoms with Gasteiger partial charge in [-0.05, 0) is 23.1 Å². The summed E-state index contributed by atoms with van der Waals surface area (Å²) < 4.78 is 51.8. The minimum absolute atomic E-state index is 0.0233. The molecule has 0 heterocycles. The van der Waals surface area contributed by atoms with Gasteiger partial charge in [-0.1, -0.05) is 91.0 Å². The maximum absolute atomic E-state index is 13.0. The number of sulfone groups is 2. The van der Waals surface area contributed by atoms with Crippen molar-refractivity contribution in [3.05, 3.63) is 108 Å². The monoisotopic (exact) mass is 598 g/mol.